The Kier molecular flexibility index (Phi) is 10.4. The lowest BCUT2D eigenvalue weighted by atomic mass is 9.70. The third kappa shape index (κ3) is 7.49. The highest BCUT2D eigenvalue weighted by molar-refractivity contribution is 5.89. The highest BCUT2D eigenvalue weighted by Crippen LogP contribution is 2.37. The summed E-state index contributed by atoms with van der Waals surface area (Å²) in [4.78, 5) is 14.6. The van der Waals surface area contributed by atoms with Crippen LogP contribution in [0.2, 0.25) is 0 Å². The Bertz CT molecular complexity index is 907. The average Bonchev–Trinajstić information content (AvgIpc) is 2.81. The third-order valence-corrected chi connectivity index (χ3v) is 6.86. The van der Waals surface area contributed by atoms with E-state index in [-0.39, 0.29) is 17.5 Å². The molecule has 1 atom stereocenters. The van der Waals surface area contributed by atoms with E-state index in [1.165, 1.54) is 11.1 Å². The Balaban J connectivity index is 1.93. The molecule has 0 aromatic heterocycles. The number of likely N-dealkylation sites (N-methyl/N-ethyl adjacent to an activating group) is 1. The van der Waals surface area contributed by atoms with Crippen molar-refractivity contribution in [2.24, 2.45) is 5.92 Å². The molecule has 0 aliphatic rings. The van der Waals surface area contributed by atoms with Crippen molar-refractivity contribution in [2.45, 2.75) is 65.4 Å². The standard InChI is InChI=1S/C29H43NO4/c1-21(2)29(5,25-13-11-24(12-14-25)28(31)34-22(3)4)17-9-18-30(6)19-16-23-10-15-26(32-7)27(20-23)33-8/h10-15,20-22H,9,16-19H2,1-8H3. The molecule has 2 aromatic rings. The van der Waals surface area contributed by atoms with Crippen molar-refractivity contribution < 1.29 is 19.0 Å². The van der Waals surface area contributed by atoms with Crippen LogP contribution in [-0.2, 0) is 16.6 Å². The first-order valence-corrected chi connectivity index (χ1v) is 12.3. The Labute approximate surface area is 206 Å². The van der Waals surface area contributed by atoms with Crippen LogP contribution in [0.1, 0.15) is 68.9 Å². The molecule has 0 radical (unpaired) electrons. The van der Waals surface area contributed by atoms with Crippen LogP contribution in [0.5, 0.6) is 11.5 Å². The summed E-state index contributed by atoms with van der Waals surface area (Å²) in [6.07, 6.45) is 3.04. The molecule has 0 spiro atoms. The first kappa shape index (κ1) is 27.7. The topological polar surface area (TPSA) is 48.0 Å². The van der Waals surface area contributed by atoms with Gasteiger partial charge in [0.05, 0.1) is 25.9 Å². The van der Waals surface area contributed by atoms with Gasteiger partial charge in [-0.2, -0.15) is 0 Å². The van der Waals surface area contributed by atoms with E-state index < -0.39 is 0 Å². The fraction of sp³-hybridized carbons (Fsp3) is 0.552. The number of carbonyl (C=O) groups is 1. The molecule has 5 nitrogen and oxygen atoms in total. The van der Waals surface area contributed by atoms with E-state index >= 15 is 0 Å². The summed E-state index contributed by atoms with van der Waals surface area (Å²) in [5, 5.41) is 0. The number of methoxy groups -OCH3 is 2. The van der Waals surface area contributed by atoms with E-state index in [0.717, 1.165) is 43.9 Å². The van der Waals surface area contributed by atoms with Crippen molar-refractivity contribution in [3.63, 3.8) is 0 Å². The fourth-order valence-electron chi connectivity index (χ4n) is 4.22. The molecule has 0 saturated heterocycles. The van der Waals surface area contributed by atoms with Gasteiger partial charge in [0.1, 0.15) is 0 Å². The molecule has 0 heterocycles. The SMILES string of the molecule is COc1ccc(CCN(C)CCCC(C)(c2ccc(C(=O)OC(C)C)cc2)C(C)C)cc1OC. The molecule has 0 aliphatic carbocycles. The van der Waals surface area contributed by atoms with Crippen molar-refractivity contribution in [1.82, 2.24) is 4.90 Å². The van der Waals surface area contributed by atoms with Gasteiger partial charge in [0.2, 0.25) is 0 Å². The van der Waals surface area contributed by atoms with E-state index in [4.69, 9.17) is 14.2 Å². The van der Waals surface area contributed by atoms with E-state index in [1.807, 2.05) is 32.0 Å². The minimum absolute atomic E-state index is 0.0463. The molecule has 0 aliphatic heterocycles. The van der Waals surface area contributed by atoms with Crippen molar-refractivity contribution in [1.29, 1.82) is 0 Å². The van der Waals surface area contributed by atoms with Crippen LogP contribution in [0.4, 0.5) is 0 Å². The molecule has 2 aromatic carbocycles. The molecule has 34 heavy (non-hydrogen) atoms. The van der Waals surface area contributed by atoms with Gasteiger partial charge < -0.3 is 19.1 Å². The zero-order valence-electron chi connectivity index (χ0n) is 22.3. The summed E-state index contributed by atoms with van der Waals surface area (Å²) in [6, 6.07) is 14.1. The van der Waals surface area contributed by atoms with Crippen molar-refractivity contribution in [3.8, 4) is 11.5 Å². The second-order valence-corrected chi connectivity index (χ2v) is 9.95. The molecular weight excluding hydrogens is 426 g/mol. The summed E-state index contributed by atoms with van der Waals surface area (Å²) >= 11 is 0. The summed E-state index contributed by atoms with van der Waals surface area (Å²) < 4.78 is 16.1. The fourth-order valence-corrected chi connectivity index (χ4v) is 4.22. The minimum atomic E-state index is -0.260. The number of carbonyl (C=O) groups excluding carboxylic acids is 1. The van der Waals surface area contributed by atoms with Gasteiger partial charge in [-0.3, -0.25) is 0 Å². The van der Waals surface area contributed by atoms with Crippen LogP contribution in [0, 0.1) is 5.92 Å². The number of ether oxygens (including phenoxy) is 3. The lowest BCUT2D eigenvalue weighted by Crippen LogP contribution is -2.31. The van der Waals surface area contributed by atoms with Gasteiger partial charge in [-0.25, -0.2) is 4.79 Å². The molecule has 2 rings (SSSR count). The van der Waals surface area contributed by atoms with Gasteiger partial charge in [-0.15, -0.1) is 0 Å². The summed E-state index contributed by atoms with van der Waals surface area (Å²) in [5.41, 5.74) is 3.17. The zero-order valence-corrected chi connectivity index (χ0v) is 22.3. The number of nitrogens with zero attached hydrogens (tertiary/aromatic N) is 1. The molecule has 5 heteroatoms. The largest absolute Gasteiger partial charge is 0.493 e. The van der Waals surface area contributed by atoms with E-state index in [1.54, 1.807) is 14.2 Å². The number of hydrogen-bond donors (Lipinski definition) is 0. The Morgan fingerprint density at radius 1 is 0.941 bits per heavy atom. The predicted octanol–water partition coefficient (Wildman–Crippen LogP) is 6.14. The van der Waals surface area contributed by atoms with Crippen molar-refractivity contribution >= 4 is 5.97 Å². The monoisotopic (exact) mass is 469 g/mol. The van der Waals surface area contributed by atoms with Gasteiger partial charge in [0, 0.05) is 6.54 Å². The van der Waals surface area contributed by atoms with Crippen LogP contribution in [0.3, 0.4) is 0 Å². The van der Waals surface area contributed by atoms with Gasteiger partial charge in [0.25, 0.3) is 0 Å². The maximum Gasteiger partial charge on any atom is 0.338 e. The molecule has 0 bridgehead atoms. The van der Waals surface area contributed by atoms with E-state index in [2.05, 4.69) is 57.0 Å². The summed E-state index contributed by atoms with van der Waals surface area (Å²) in [6.45, 7) is 12.7. The van der Waals surface area contributed by atoms with Crippen LogP contribution in [0.25, 0.3) is 0 Å². The van der Waals surface area contributed by atoms with Crippen molar-refractivity contribution in [3.05, 3.63) is 59.2 Å². The predicted molar refractivity (Wildman–Crippen MR) is 139 cm³/mol. The molecule has 0 saturated carbocycles. The highest BCUT2D eigenvalue weighted by Gasteiger charge is 2.30. The lowest BCUT2D eigenvalue weighted by molar-refractivity contribution is 0.0378. The van der Waals surface area contributed by atoms with Crippen LogP contribution >= 0.6 is 0 Å². The van der Waals surface area contributed by atoms with E-state index in [9.17, 15) is 4.79 Å². The lowest BCUT2D eigenvalue weighted by Gasteiger charge is -2.35. The smallest absolute Gasteiger partial charge is 0.338 e. The molecule has 0 fully saturated rings. The zero-order chi connectivity index (χ0) is 25.3. The Morgan fingerprint density at radius 2 is 1.59 bits per heavy atom. The van der Waals surface area contributed by atoms with E-state index in [0.29, 0.717) is 11.5 Å². The minimum Gasteiger partial charge on any atom is -0.493 e. The summed E-state index contributed by atoms with van der Waals surface area (Å²) in [5.74, 6) is 1.76. The molecule has 0 amide bonds. The number of benzene rings is 2. The molecule has 1 unspecified atom stereocenters. The molecule has 188 valence electrons. The number of esters is 1. The van der Waals surface area contributed by atoms with Crippen molar-refractivity contribution in [2.75, 3.05) is 34.4 Å². The normalized spacial score (nSPS) is 13.3. The van der Waals surface area contributed by atoms with Gasteiger partial charge >= 0.3 is 5.97 Å². The Morgan fingerprint density at radius 3 is 2.15 bits per heavy atom. The number of hydrogen-bond acceptors (Lipinski definition) is 5. The first-order valence-electron chi connectivity index (χ1n) is 12.3. The highest BCUT2D eigenvalue weighted by atomic mass is 16.5. The maximum absolute atomic E-state index is 12.2. The average molecular weight is 470 g/mol. The van der Waals surface area contributed by atoms with Crippen LogP contribution < -0.4 is 9.47 Å². The number of rotatable bonds is 13. The van der Waals surface area contributed by atoms with Gasteiger partial charge in [-0.05, 0) is 93.4 Å². The molecular formula is C29H43NO4. The van der Waals surface area contributed by atoms with Gasteiger partial charge in [-0.1, -0.05) is 39.0 Å². The first-order chi connectivity index (χ1) is 16.1. The maximum atomic E-state index is 12.2. The second-order valence-electron chi connectivity index (χ2n) is 9.95. The van der Waals surface area contributed by atoms with Crippen LogP contribution in [-0.4, -0.2) is 51.3 Å². The summed E-state index contributed by atoms with van der Waals surface area (Å²) in [7, 11) is 5.51. The molecule has 0 N–H and O–H groups in total. The van der Waals surface area contributed by atoms with Crippen LogP contribution in [0.15, 0.2) is 42.5 Å². The quantitative estimate of drug-likeness (QED) is 0.330. The van der Waals surface area contributed by atoms with Gasteiger partial charge in [0.15, 0.2) is 11.5 Å². The third-order valence-electron chi connectivity index (χ3n) is 6.86. The Hall–Kier alpha value is -2.53. The second kappa shape index (κ2) is 12.8.